The van der Waals surface area contributed by atoms with Crippen molar-refractivity contribution < 1.29 is 13.9 Å². The topological polar surface area (TPSA) is 43.3 Å². The molecule has 1 amide bonds. The van der Waals surface area contributed by atoms with Gasteiger partial charge in [-0.2, -0.15) is 0 Å². The van der Waals surface area contributed by atoms with Crippen LogP contribution in [0, 0.1) is 5.82 Å². The molecule has 0 aliphatic heterocycles. The number of para-hydroxylation sites is 1. The minimum atomic E-state index is -0.241. The predicted octanol–water partition coefficient (Wildman–Crippen LogP) is 5.96. The summed E-state index contributed by atoms with van der Waals surface area (Å²) in [6, 6.07) is 22.0. The van der Waals surface area contributed by atoms with Crippen molar-refractivity contribution in [3.63, 3.8) is 0 Å². The van der Waals surface area contributed by atoms with Crippen molar-refractivity contribution in [2.24, 2.45) is 0 Å². The molecule has 1 heterocycles. The Balaban J connectivity index is 1.45. The van der Waals surface area contributed by atoms with Crippen LogP contribution in [0.2, 0.25) is 0 Å². The molecule has 4 aromatic rings. The molecule has 0 saturated carbocycles. The summed E-state index contributed by atoms with van der Waals surface area (Å²) in [6.07, 6.45) is 2.03. The van der Waals surface area contributed by atoms with Crippen LogP contribution in [0.25, 0.3) is 10.9 Å². The number of halogens is 1. The smallest absolute Gasteiger partial charge is 0.234 e. The second-order valence-electron chi connectivity index (χ2n) is 7.06. The Labute approximate surface area is 185 Å². The predicted molar refractivity (Wildman–Crippen MR) is 124 cm³/mol. The van der Waals surface area contributed by atoms with Gasteiger partial charge in [0.2, 0.25) is 5.91 Å². The van der Waals surface area contributed by atoms with Gasteiger partial charge in [0.05, 0.1) is 12.4 Å². The summed E-state index contributed by atoms with van der Waals surface area (Å²) in [7, 11) is 0. The Kier molecular flexibility index (Phi) is 6.57. The lowest BCUT2D eigenvalue weighted by Gasteiger charge is -2.07. The maximum absolute atomic E-state index is 13.6. The highest BCUT2D eigenvalue weighted by atomic mass is 32.2. The lowest BCUT2D eigenvalue weighted by atomic mass is 10.2. The molecule has 0 spiro atoms. The van der Waals surface area contributed by atoms with E-state index in [1.54, 1.807) is 12.1 Å². The summed E-state index contributed by atoms with van der Waals surface area (Å²) in [6.45, 7) is 3.11. The van der Waals surface area contributed by atoms with Gasteiger partial charge in [-0.3, -0.25) is 4.79 Å². The molecule has 158 valence electrons. The normalized spacial score (nSPS) is 10.9. The zero-order valence-electron chi connectivity index (χ0n) is 17.2. The lowest BCUT2D eigenvalue weighted by molar-refractivity contribution is -0.113. The monoisotopic (exact) mass is 434 g/mol. The van der Waals surface area contributed by atoms with Crippen LogP contribution in [0.5, 0.6) is 5.75 Å². The van der Waals surface area contributed by atoms with E-state index in [1.807, 2.05) is 67.7 Å². The Bertz CT molecular complexity index is 1190. The van der Waals surface area contributed by atoms with Crippen molar-refractivity contribution in [3.8, 4) is 5.75 Å². The van der Waals surface area contributed by atoms with Crippen molar-refractivity contribution in [2.45, 2.75) is 18.4 Å². The maximum Gasteiger partial charge on any atom is 0.234 e. The molecule has 0 aliphatic carbocycles. The third-order valence-corrected chi connectivity index (χ3v) is 5.84. The minimum Gasteiger partial charge on any atom is -0.494 e. The summed E-state index contributed by atoms with van der Waals surface area (Å²) < 4.78 is 21.1. The second-order valence-corrected chi connectivity index (χ2v) is 8.08. The lowest BCUT2D eigenvalue weighted by Crippen LogP contribution is -2.13. The molecule has 6 heteroatoms. The number of carbonyl (C=O) groups is 1. The number of hydrogen-bond acceptors (Lipinski definition) is 3. The number of anilines is 1. The fraction of sp³-hybridized carbons (Fsp3) is 0.160. The van der Waals surface area contributed by atoms with Gasteiger partial charge in [0.25, 0.3) is 0 Å². The van der Waals surface area contributed by atoms with E-state index in [2.05, 4.69) is 9.88 Å². The van der Waals surface area contributed by atoms with Crippen LogP contribution in [0.15, 0.2) is 83.9 Å². The Morgan fingerprint density at radius 3 is 2.65 bits per heavy atom. The average Bonchev–Trinajstić information content (AvgIpc) is 3.11. The molecule has 1 N–H and O–H groups in total. The van der Waals surface area contributed by atoms with Gasteiger partial charge in [-0.05, 0) is 55.0 Å². The number of rotatable bonds is 8. The van der Waals surface area contributed by atoms with Crippen LogP contribution in [-0.2, 0) is 11.3 Å². The molecular formula is C25H23FN2O2S. The van der Waals surface area contributed by atoms with Gasteiger partial charge in [-0.1, -0.05) is 30.3 Å². The molecule has 0 aliphatic rings. The van der Waals surface area contributed by atoms with Gasteiger partial charge < -0.3 is 14.6 Å². The van der Waals surface area contributed by atoms with Crippen LogP contribution < -0.4 is 10.1 Å². The number of hydrogen-bond donors (Lipinski definition) is 1. The number of carbonyl (C=O) groups excluding carboxylic acids is 1. The highest BCUT2D eigenvalue weighted by Crippen LogP contribution is 2.30. The molecule has 0 fully saturated rings. The molecule has 0 bridgehead atoms. The number of aromatic nitrogens is 1. The first-order valence-corrected chi connectivity index (χ1v) is 11.1. The number of nitrogens with zero attached hydrogens (tertiary/aromatic N) is 1. The molecule has 1 aromatic heterocycles. The molecule has 0 saturated heterocycles. The number of benzene rings is 3. The van der Waals surface area contributed by atoms with E-state index in [0.717, 1.165) is 32.8 Å². The second kappa shape index (κ2) is 9.71. The van der Waals surface area contributed by atoms with Crippen molar-refractivity contribution in [1.82, 2.24) is 4.57 Å². The van der Waals surface area contributed by atoms with Gasteiger partial charge >= 0.3 is 0 Å². The molecule has 4 rings (SSSR count). The zero-order valence-corrected chi connectivity index (χ0v) is 18.0. The molecule has 4 nitrogen and oxygen atoms in total. The molecule has 0 unspecified atom stereocenters. The van der Waals surface area contributed by atoms with Crippen LogP contribution in [0.1, 0.15) is 12.5 Å². The van der Waals surface area contributed by atoms with Crippen LogP contribution >= 0.6 is 11.8 Å². The number of nitrogens with one attached hydrogen (secondary N) is 1. The van der Waals surface area contributed by atoms with Crippen LogP contribution in [0.4, 0.5) is 10.1 Å². The number of fused-ring (bicyclic) bond motifs is 1. The van der Waals surface area contributed by atoms with E-state index < -0.39 is 0 Å². The van der Waals surface area contributed by atoms with Crippen molar-refractivity contribution in [3.05, 3.63) is 90.4 Å². The first-order valence-electron chi connectivity index (χ1n) is 10.1. The number of thioether (sulfide) groups is 1. The van der Waals surface area contributed by atoms with Crippen molar-refractivity contribution in [2.75, 3.05) is 17.7 Å². The van der Waals surface area contributed by atoms with Gasteiger partial charge in [0.1, 0.15) is 11.6 Å². The van der Waals surface area contributed by atoms with E-state index in [4.69, 9.17) is 4.74 Å². The molecule has 0 radical (unpaired) electrons. The highest BCUT2D eigenvalue weighted by Gasteiger charge is 2.12. The molecule has 3 aromatic carbocycles. The molecule has 31 heavy (non-hydrogen) atoms. The number of ether oxygens (including phenoxy) is 1. The summed E-state index contributed by atoms with van der Waals surface area (Å²) >= 11 is 1.49. The summed E-state index contributed by atoms with van der Waals surface area (Å²) in [4.78, 5) is 13.5. The zero-order chi connectivity index (χ0) is 21.6. The van der Waals surface area contributed by atoms with Crippen LogP contribution in [-0.4, -0.2) is 22.8 Å². The van der Waals surface area contributed by atoms with Gasteiger partial charge in [-0.25, -0.2) is 4.39 Å². The highest BCUT2D eigenvalue weighted by molar-refractivity contribution is 8.00. The first-order chi connectivity index (χ1) is 15.1. The van der Waals surface area contributed by atoms with E-state index >= 15 is 0 Å². The fourth-order valence-electron chi connectivity index (χ4n) is 3.43. The van der Waals surface area contributed by atoms with E-state index in [-0.39, 0.29) is 11.7 Å². The van der Waals surface area contributed by atoms with Crippen molar-refractivity contribution >= 4 is 34.3 Å². The number of amides is 1. The standard InChI is InChI=1S/C25H23FN2O2S/c1-2-30-21-12-10-20(11-13-21)27-25(29)17-31-24-16-28(23-9-4-3-8-22(23)24)15-18-6-5-7-19(26)14-18/h3-14,16H,2,15,17H2,1H3,(H,27,29). The fourth-order valence-corrected chi connectivity index (χ4v) is 4.32. The summed E-state index contributed by atoms with van der Waals surface area (Å²) in [5.74, 6) is 0.757. The quantitative estimate of drug-likeness (QED) is 0.348. The summed E-state index contributed by atoms with van der Waals surface area (Å²) in [5, 5.41) is 4.00. The molecular weight excluding hydrogens is 411 g/mol. The Morgan fingerprint density at radius 2 is 1.87 bits per heavy atom. The minimum absolute atomic E-state index is 0.0730. The molecule has 0 atom stereocenters. The Morgan fingerprint density at radius 1 is 1.06 bits per heavy atom. The van der Waals surface area contributed by atoms with E-state index in [1.165, 1.54) is 17.8 Å². The van der Waals surface area contributed by atoms with E-state index in [9.17, 15) is 9.18 Å². The first kappa shape index (κ1) is 21.0. The van der Waals surface area contributed by atoms with Crippen LogP contribution in [0.3, 0.4) is 0 Å². The van der Waals surface area contributed by atoms with Gasteiger partial charge in [-0.15, -0.1) is 11.8 Å². The largest absolute Gasteiger partial charge is 0.494 e. The average molecular weight is 435 g/mol. The SMILES string of the molecule is CCOc1ccc(NC(=O)CSc2cn(Cc3cccc(F)c3)c3ccccc23)cc1. The Hall–Kier alpha value is -3.25. The van der Waals surface area contributed by atoms with Gasteiger partial charge in [0.15, 0.2) is 0 Å². The van der Waals surface area contributed by atoms with Crippen molar-refractivity contribution in [1.29, 1.82) is 0 Å². The van der Waals surface area contributed by atoms with Gasteiger partial charge in [0, 0.05) is 34.2 Å². The summed E-state index contributed by atoms with van der Waals surface area (Å²) in [5.41, 5.74) is 2.69. The van der Waals surface area contributed by atoms with E-state index in [0.29, 0.717) is 18.9 Å². The third-order valence-electron chi connectivity index (χ3n) is 4.80. The maximum atomic E-state index is 13.6. The third kappa shape index (κ3) is 5.27.